The number of carbonyl (C=O) groups is 2. The van der Waals surface area contributed by atoms with E-state index in [1.165, 1.54) is 5.01 Å². The highest BCUT2D eigenvalue weighted by atomic mass is 16.3. The van der Waals surface area contributed by atoms with E-state index in [-0.39, 0.29) is 14.4 Å². The van der Waals surface area contributed by atoms with Gasteiger partial charge in [0, 0.05) is 13.1 Å². The lowest BCUT2D eigenvalue weighted by molar-refractivity contribution is -0.114. The molecule has 0 aliphatic rings. The van der Waals surface area contributed by atoms with Crippen molar-refractivity contribution < 1.29 is 16.1 Å². The van der Waals surface area contributed by atoms with Crippen molar-refractivity contribution in [2.24, 2.45) is 0 Å². The standard InChI is InChI=1S/C10H22BN3O3/c1-3-5-14(12-7-15)6-9(16)8(4-2)13-10(11)17/h7-9,16H,3-6,11H2,1-2H3,(H,12,15)(H,13,17)/i7T,11T. The van der Waals surface area contributed by atoms with Crippen molar-refractivity contribution in [2.45, 2.75) is 38.8 Å². The van der Waals surface area contributed by atoms with Crippen molar-refractivity contribution >= 4 is 20.0 Å². The highest BCUT2D eigenvalue weighted by molar-refractivity contribution is 6.57. The number of nitrogens with zero attached hydrogens (tertiary/aromatic N) is 1. The summed E-state index contributed by atoms with van der Waals surface area (Å²) in [6, 6.07) is -0.472. The Bertz CT molecular complexity index is 297. The third-order valence-corrected chi connectivity index (χ3v) is 2.36. The summed E-state index contributed by atoms with van der Waals surface area (Å²) in [6.45, 7) is 4.35. The SMILES string of the molecule is [3H]BC(=O)NC(CC)C(O)CN(CCC)NC([3H])=O. The largest absolute Gasteiger partial charge is 0.390 e. The van der Waals surface area contributed by atoms with Crippen LogP contribution in [0.25, 0.3) is 0 Å². The van der Waals surface area contributed by atoms with E-state index < -0.39 is 24.3 Å². The summed E-state index contributed by atoms with van der Waals surface area (Å²) < 4.78 is 13.8. The Morgan fingerprint density at radius 2 is 2.41 bits per heavy atom. The fourth-order valence-electron chi connectivity index (χ4n) is 1.56. The van der Waals surface area contributed by atoms with Crippen molar-refractivity contribution in [1.29, 1.82) is 1.34 Å². The molecule has 2 unspecified atom stereocenters. The van der Waals surface area contributed by atoms with Crippen molar-refractivity contribution in [1.82, 2.24) is 15.8 Å². The molecule has 7 heteroatoms. The molecule has 2 amide bonds. The van der Waals surface area contributed by atoms with Gasteiger partial charge in [0.25, 0.3) is 0 Å². The van der Waals surface area contributed by atoms with Crippen LogP contribution in [-0.2, 0) is 4.79 Å². The van der Waals surface area contributed by atoms with Gasteiger partial charge in [-0.25, -0.2) is 5.01 Å². The van der Waals surface area contributed by atoms with Gasteiger partial charge in [-0.2, -0.15) is 0 Å². The Morgan fingerprint density at radius 3 is 2.88 bits per heavy atom. The molecule has 17 heavy (non-hydrogen) atoms. The first-order valence-corrected chi connectivity index (χ1v) is 5.73. The quantitative estimate of drug-likeness (QED) is 0.273. The predicted octanol–water partition coefficient (Wildman–Crippen LogP) is -1.16. The maximum atomic E-state index is 11.2. The average Bonchev–Trinajstić information content (AvgIpc) is 2.34. The summed E-state index contributed by atoms with van der Waals surface area (Å²) in [6.07, 6.45) is -0.548. The second kappa shape index (κ2) is 9.01. The summed E-state index contributed by atoms with van der Waals surface area (Å²) in [5.41, 5.74) is 2.31. The van der Waals surface area contributed by atoms with Crippen LogP contribution < -0.4 is 10.7 Å². The molecule has 0 radical (unpaired) electrons. The summed E-state index contributed by atoms with van der Waals surface area (Å²) in [4.78, 5) is 21.9. The van der Waals surface area contributed by atoms with Crippen molar-refractivity contribution in [3.05, 3.63) is 0 Å². The molecule has 0 aliphatic carbocycles. The van der Waals surface area contributed by atoms with E-state index in [1.807, 2.05) is 13.8 Å². The number of hydrogen-bond acceptors (Lipinski definition) is 4. The first kappa shape index (κ1) is 12.4. The minimum atomic E-state index is -0.941. The van der Waals surface area contributed by atoms with Crippen molar-refractivity contribution in [3.63, 3.8) is 0 Å². The zero-order valence-electron chi connectivity index (χ0n) is 12.4. The highest BCUT2D eigenvalue weighted by Gasteiger charge is 2.20. The summed E-state index contributed by atoms with van der Waals surface area (Å²) >= 11 is 0. The van der Waals surface area contributed by atoms with Gasteiger partial charge >= 0.3 is 0 Å². The predicted molar refractivity (Wildman–Crippen MR) is 68.2 cm³/mol. The van der Waals surface area contributed by atoms with E-state index in [4.69, 9.17) is 2.71 Å². The molecule has 0 saturated heterocycles. The number of amides is 2. The number of aliphatic hydroxyl groups is 1. The van der Waals surface area contributed by atoms with Gasteiger partial charge in [0.1, 0.15) is 1.37 Å². The first-order valence-electron chi connectivity index (χ1n) is 6.94. The fourth-order valence-corrected chi connectivity index (χ4v) is 1.56. The molecule has 0 aliphatic heterocycles. The van der Waals surface area contributed by atoms with Crippen LogP contribution in [0, 0.1) is 0 Å². The molecule has 0 saturated carbocycles. The highest BCUT2D eigenvalue weighted by Crippen LogP contribution is 2.01. The normalized spacial score (nSPS) is 15.5. The second-order valence-electron chi connectivity index (χ2n) is 3.81. The molecule has 2 atom stereocenters. The van der Waals surface area contributed by atoms with Crippen LogP contribution in [0.1, 0.15) is 28.1 Å². The molecule has 0 fully saturated rings. The third kappa shape index (κ3) is 6.96. The zero-order chi connectivity index (χ0) is 14.8. The molecule has 98 valence electrons. The van der Waals surface area contributed by atoms with Crippen LogP contribution >= 0.6 is 0 Å². The van der Waals surface area contributed by atoms with Crippen molar-refractivity contribution in [2.75, 3.05) is 13.1 Å². The Labute approximate surface area is 106 Å². The minimum absolute atomic E-state index is 0.120. The van der Waals surface area contributed by atoms with Gasteiger partial charge in [-0.05, 0) is 14.2 Å². The molecule has 0 aromatic heterocycles. The lowest BCUT2D eigenvalue weighted by Gasteiger charge is -2.28. The van der Waals surface area contributed by atoms with Crippen molar-refractivity contribution in [3.8, 4) is 0 Å². The Morgan fingerprint density at radius 1 is 1.71 bits per heavy atom. The second-order valence-corrected chi connectivity index (χ2v) is 3.81. The van der Waals surface area contributed by atoms with E-state index in [1.54, 1.807) is 0 Å². The lowest BCUT2D eigenvalue weighted by Crippen LogP contribution is -2.51. The monoisotopic (exact) mass is 247 g/mol. The molecule has 0 bridgehead atoms. The van der Waals surface area contributed by atoms with E-state index in [2.05, 4.69) is 10.7 Å². The van der Waals surface area contributed by atoms with Gasteiger partial charge < -0.3 is 10.4 Å². The molecule has 0 aromatic carbocycles. The topological polar surface area (TPSA) is 81.7 Å². The van der Waals surface area contributed by atoms with E-state index in [0.717, 1.165) is 6.42 Å². The smallest absolute Gasteiger partial charge is 0.221 e. The number of hydrogen-bond donors (Lipinski definition) is 3. The fraction of sp³-hybridized carbons (Fsp3) is 0.800. The van der Waals surface area contributed by atoms with Gasteiger partial charge in [-0.3, -0.25) is 15.0 Å². The number of hydrazine groups is 1. The molecule has 0 rings (SSSR count). The summed E-state index contributed by atoms with van der Waals surface area (Å²) in [5.74, 6) is -0.447. The zero-order valence-corrected chi connectivity index (χ0v) is 10.4. The molecular weight excluding hydrogens is 221 g/mol. The van der Waals surface area contributed by atoms with E-state index in [9.17, 15) is 14.7 Å². The Balaban J connectivity index is 4.44. The number of nitrogens with one attached hydrogen (secondary N) is 2. The van der Waals surface area contributed by atoms with Crippen LogP contribution in [0.5, 0.6) is 0 Å². The van der Waals surface area contributed by atoms with Gasteiger partial charge in [-0.15, -0.1) is 0 Å². The lowest BCUT2D eigenvalue weighted by atomic mass is 10.0. The van der Waals surface area contributed by atoms with E-state index >= 15 is 0 Å². The molecular formula is C10H22BN3O3. The van der Waals surface area contributed by atoms with Crippen LogP contribution in [-0.4, -0.2) is 56.7 Å². The van der Waals surface area contributed by atoms with Crippen LogP contribution in [0.15, 0.2) is 0 Å². The molecule has 0 heterocycles. The van der Waals surface area contributed by atoms with Crippen LogP contribution in [0.4, 0.5) is 4.79 Å². The number of rotatable bonds is 9. The molecule has 3 N–H and O–H groups in total. The first-order chi connectivity index (χ1) is 8.94. The number of carbonyl (C=O) groups excluding carboxylic acids is 2. The molecule has 0 aromatic rings. The van der Waals surface area contributed by atoms with Crippen LogP contribution in [0.2, 0.25) is 0 Å². The Hall–Kier alpha value is -1.08. The van der Waals surface area contributed by atoms with E-state index in [0.29, 0.717) is 13.0 Å². The average molecular weight is 247 g/mol. The number of aliphatic hydroxyl groups excluding tert-OH is 1. The Kier molecular flexibility index (Phi) is 6.56. The van der Waals surface area contributed by atoms with Gasteiger partial charge in [-0.1, -0.05) is 13.8 Å². The summed E-state index contributed by atoms with van der Waals surface area (Å²) in [7, 11) is -0.384. The summed E-state index contributed by atoms with van der Waals surface area (Å²) in [5, 5.41) is 14.0. The molecule has 0 spiro atoms. The minimum Gasteiger partial charge on any atom is -0.390 e. The maximum absolute atomic E-state index is 11.2. The third-order valence-electron chi connectivity index (χ3n) is 2.36. The molecule has 6 nitrogen and oxygen atoms in total. The van der Waals surface area contributed by atoms with Gasteiger partial charge in [0.15, 0.2) is 5.81 Å². The van der Waals surface area contributed by atoms with Gasteiger partial charge in [0.05, 0.1) is 12.1 Å². The van der Waals surface area contributed by atoms with Gasteiger partial charge in [0.2, 0.25) is 14.2 Å². The maximum Gasteiger partial charge on any atom is 0.221 e. The van der Waals surface area contributed by atoms with Crippen LogP contribution in [0.3, 0.4) is 0 Å².